The van der Waals surface area contributed by atoms with Crippen molar-refractivity contribution in [1.29, 1.82) is 0 Å². The molecule has 1 atom stereocenters. The number of hydrogen-bond donors (Lipinski definition) is 2. The minimum Gasteiger partial charge on any atom is -0.447 e. The number of thiophene rings is 1. The van der Waals surface area contributed by atoms with Crippen LogP contribution in [0.5, 0.6) is 0 Å². The Bertz CT molecular complexity index is 421. The quantitative estimate of drug-likeness (QED) is 0.796. The number of carbonyl (C=O) groups is 2. The van der Waals surface area contributed by atoms with Gasteiger partial charge in [0.1, 0.15) is 12.6 Å². The number of nitrogens with one attached hydrogen (secondary N) is 1. The highest BCUT2D eigenvalue weighted by Crippen LogP contribution is 2.19. The van der Waals surface area contributed by atoms with Gasteiger partial charge in [-0.1, -0.05) is 6.07 Å². The van der Waals surface area contributed by atoms with Crippen molar-refractivity contribution in [3.05, 3.63) is 22.4 Å². The van der Waals surface area contributed by atoms with Crippen molar-refractivity contribution in [2.75, 3.05) is 19.7 Å². The summed E-state index contributed by atoms with van der Waals surface area (Å²) in [4.78, 5) is 25.9. The summed E-state index contributed by atoms with van der Waals surface area (Å²) in [7, 11) is 0. The van der Waals surface area contributed by atoms with Crippen LogP contribution in [-0.4, -0.2) is 42.6 Å². The van der Waals surface area contributed by atoms with Gasteiger partial charge in [-0.2, -0.15) is 0 Å². The van der Waals surface area contributed by atoms with Crippen LogP contribution in [0.3, 0.4) is 0 Å². The number of cyclic esters (lactones) is 1. The number of nitrogens with two attached hydrogens (primary N) is 1. The van der Waals surface area contributed by atoms with Gasteiger partial charge in [-0.25, -0.2) is 4.79 Å². The predicted octanol–water partition coefficient (Wildman–Crippen LogP) is 0.144. The molecule has 0 aromatic carbocycles. The normalized spacial score (nSPS) is 18.8. The lowest BCUT2D eigenvalue weighted by Gasteiger charge is -2.19. The van der Waals surface area contributed by atoms with Gasteiger partial charge in [0.15, 0.2) is 0 Å². The van der Waals surface area contributed by atoms with Crippen molar-refractivity contribution in [2.45, 2.75) is 12.6 Å². The number of hydrogen-bond acceptors (Lipinski definition) is 5. The number of carbonyl (C=O) groups excluding carboxylic acids is 2. The second-order valence-electron chi connectivity index (χ2n) is 3.88. The van der Waals surface area contributed by atoms with E-state index in [0.29, 0.717) is 19.6 Å². The third-order valence-corrected chi connectivity index (χ3v) is 3.49. The van der Waals surface area contributed by atoms with Gasteiger partial charge in [0, 0.05) is 18.0 Å². The minimum atomic E-state index is -0.564. The molecule has 2 heterocycles. The van der Waals surface area contributed by atoms with Gasteiger partial charge in [-0.05, 0) is 11.4 Å². The first kappa shape index (κ1) is 12.8. The SMILES string of the molecule is NCCNC(=O)[C@@H]1COC(=O)N1Cc1cccs1. The van der Waals surface area contributed by atoms with Crippen LogP contribution in [-0.2, 0) is 16.1 Å². The van der Waals surface area contributed by atoms with Crippen LogP contribution >= 0.6 is 11.3 Å². The van der Waals surface area contributed by atoms with Gasteiger partial charge >= 0.3 is 6.09 Å². The Balaban J connectivity index is 2.01. The van der Waals surface area contributed by atoms with Crippen molar-refractivity contribution in [1.82, 2.24) is 10.2 Å². The zero-order valence-electron chi connectivity index (χ0n) is 9.80. The van der Waals surface area contributed by atoms with Crippen LogP contribution in [0.15, 0.2) is 17.5 Å². The molecule has 2 amide bonds. The molecule has 1 aliphatic heterocycles. The lowest BCUT2D eigenvalue weighted by atomic mass is 10.2. The molecule has 1 aliphatic rings. The zero-order valence-corrected chi connectivity index (χ0v) is 10.6. The molecule has 1 aromatic heterocycles. The smallest absolute Gasteiger partial charge is 0.410 e. The van der Waals surface area contributed by atoms with Gasteiger partial charge in [-0.15, -0.1) is 11.3 Å². The van der Waals surface area contributed by atoms with E-state index in [9.17, 15) is 9.59 Å². The molecule has 1 saturated heterocycles. The summed E-state index contributed by atoms with van der Waals surface area (Å²) >= 11 is 1.54. The standard InChI is InChI=1S/C11H15N3O3S/c12-3-4-13-10(15)9-7-17-11(16)14(9)6-8-2-1-5-18-8/h1-2,5,9H,3-4,6-7,12H2,(H,13,15)/t9-/m0/s1. The summed E-state index contributed by atoms with van der Waals surface area (Å²) in [6.07, 6.45) is -0.448. The number of rotatable bonds is 5. The number of ether oxygens (including phenoxy) is 1. The first-order valence-corrected chi connectivity index (χ1v) is 6.54. The molecule has 0 spiro atoms. The van der Waals surface area contributed by atoms with E-state index < -0.39 is 12.1 Å². The summed E-state index contributed by atoms with van der Waals surface area (Å²) < 4.78 is 4.93. The van der Waals surface area contributed by atoms with Crippen molar-refractivity contribution in [3.8, 4) is 0 Å². The summed E-state index contributed by atoms with van der Waals surface area (Å²) in [6, 6.07) is 3.27. The average molecular weight is 269 g/mol. The van der Waals surface area contributed by atoms with Crippen LogP contribution < -0.4 is 11.1 Å². The van der Waals surface area contributed by atoms with Crippen molar-refractivity contribution >= 4 is 23.3 Å². The molecular formula is C11H15N3O3S. The van der Waals surface area contributed by atoms with E-state index in [1.165, 1.54) is 4.90 Å². The molecule has 0 saturated carbocycles. The monoisotopic (exact) mass is 269 g/mol. The van der Waals surface area contributed by atoms with Crippen molar-refractivity contribution in [2.24, 2.45) is 5.73 Å². The fourth-order valence-corrected chi connectivity index (χ4v) is 2.43. The maximum Gasteiger partial charge on any atom is 0.410 e. The molecule has 1 aromatic rings. The molecule has 2 rings (SSSR count). The summed E-state index contributed by atoms with van der Waals surface area (Å²) in [5.74, 6) is -0.220. The second kappa shape index (κ2) is 5.83. The molecule has 7 heteroatoms. The first-order valence-electron chi connectivity index (χ1n) is 5.66. The molecular weight excluding hydrogens is 254 g/mol. The van der Waals surface area contributed by atoms with Crippen molar-refractivity contribution < 1.29 is 14.3 Å². The molecule has 0 unspecified atom stereocenters. The molecule has 98 valence electrons. The fourth-order valence-electron chi connectivity index (χ4n) is 1.73. The highest BCUT2D eigenvalue weighted by atomic mass is 32.1. The maximum absolute atomic E-state index is 11.9. The first-order chi connectivity index (χ1) is 8.72. The topological polar surface area (TPSA) is 84.7 Å². The average Bonchev–Trinajstić information content (AvgIpc) is 2.98. The van der Waals surface area contributed by atoms with Gasteiger partial charge < -0.3 is 15.8 Å². The van der Waals surface area contributed by atoms with E-state index in [4.69, 9.17) is 10.5 Å². The van der Waals surface area contributed by atoms with Gasteiger partial charge in [0.05, 0.1) is 6.54 Å². The minimum absolute atomic E-state index is 0.0978. The Hall–Kier alpha value is -1.60. The predicted molar refractivity (Wildman–Crippen MR) is 67.1 cm³/mol. The van der Waals surface area contributed by atoms with Gasteiger partial charge in [0.25, 0.3) is 0 Å². The van der Waals surface area contributed by atoms with Gasteiger partial charge in [-0.3, -0.25) is 9.69 Å². The lowest BCUT2D eigenvalue weighted by Crippen LogP contribution is -2.46. The maximum atomic E-state index is 11.9. The van der Waals surface area contributed by atoms with Crippen LogP contribution in [0.4, 0.5) is 4.79 Å². The van der Waals surface area contributed by atoms with Crippen molar-refractivity contribution in [3.63, 3.8) is 0 Å². The molecule has 0 aliphatic carbocycles. The van der Waals surface area contributed by atoms with Crippen LogP contribution in [0, 0.1) is 0 Å². The second-order valence-corrected chi connectivity index (χ2v) is 4.91. The number of amides is 2. The third kappa shape index (κ3) is 2.80. The van der Waals surface area contributed by atoms with E-state index in [1.807, 2.05) is 17.5 Å². The van der Waals surface area contributed by atoms with E-state index >= 15 is 0 Å². The summed E-state index contributed by atoms with van der Waals surface area (Å²) in [5, 5.41) is 4.60. The molecule has 1 fully saturated rings. The zero-order chi connectivity index (χ0) is 13.0. The summed E-state index contributed by atoms with van der Waals surface area (Å²) in [5.41, 5.74) is 5.32. The lowest BCUT2D eigenvalue weighted by molar-refractivity contribution is -0.124. The molecule has 6 nitrogen and oxygen atoms in total. The molecule has 0 radical (unpaired) electrons. The van der Waals surface area contributed by atoms with E-state index in [2.05, 4.69) is 5.32 Å². The Morgan fingerprint density at radius 3 is 3.17 bits per heavy atom. The van der Waals surface area contributed by atoms with E-state index in [-0.39, 0.29) is 12.5 Å². The Labute approximate surface area is 109 Å². The third-order valence-electron chi connectivity index (χ3n) is 2.63. The largest absolute Gasteiger partial charge is 0.447 e. The molecule has 18 heavy (non-hydrogen) atoms. The van der Waals surface area contributed by atoms with Crippen LogP contribution in [0.1, 0.15) is 4.88 Å². The highest BCUT2D eigenvalue weighted by Gasteiger charge is 2.37. The molecule has 0 bridgehead atoms. The van der Waals surface area contributed by atoms with Crippen LogP contribution in [0.2, 0.25) is 0 Å². The van der Waals surface area contributed by atoms with Gasteiger partial charge in [0.2, 0.25) is 5.91 Å². The fraction of sp³-hybridized carbons (Fsp3) is 0.455. The number of nitrogens with zero attached hydrogens (tertiary/aromatic N) is 1. The Morgan fingerprint density at radius 1 is 1.67 bits per heavy atom. The summed E-state index contributed by atoms with van der Waals surface area (Å²) in [6.45, 7) is 1.27. The Morgan fingerprint density at radius 2 is 2.50 bits per heavy atom. The van der Waals surface area contributed by atoms with E-state index in [0.717, 1.165) is 4.88 Å². The Kier molecular flexibility index (Phi) is 4.16. The van der Waals surface area contributed by atoms with E-state index in [1.54, 1.807) is 11.3 Å². The molecule has 3 N–H and O–H groups in total. The van der Waals surface area contributed by atoms with Crippen LogP contribution in [0.25, 0.3) is 0 Å². The highest BCUT2D eigenvalue weighted by molar-refractivity contribution is 7.09.